The predicted molar refractivity (Wildman–Crippen MR) is 135 cm³/mol. The van der Waals surface area contributed by atoms with Gasteiger partial charge in [-0.2, -0.15) is 0 Å². The molecular formula is C22H31IN4OS. The van der Waals surface area contributed by atoms with Crippen molar-refractivity contribution in [1.29, 1.82) is 0 Å². The van der Waals surface area contributed by atoms with E-state index in [1.165, 1.54) is 4.90 Å². The number of nitrogens with zero attached hydrogens (tertiary/aromatic N) is 1. The van der Waals surface area contributed by atoms with Crippen LogP contribution in [0.3, 0.4) is 0 Å². The minimum atomic E-state index is -0.0573. The number of guanidine groups is 1. The van der Waals surface area contributed by atoms with Gasteiger partial charge in [0.1, 0.15) is 0 Å². The van der Waals surface area contributed by atoms with Crippen LogP contribution in [0.15, 0.2) is 64.5 Å². The summed E-state index contributed by atoms with van der Waals surface area (Å²) in [5, 5.41) is 9.31. The summed E-state index contributed by atoms with van der Waals surface area (Å²) in [5.41, 5.74) is 1.82. The molecule has 0 atom stereocenters. The molecule has 29 heavy (non-hydrogen) atoms. The Balaban J connectivity index is 0.00000420. The Morgan fingerprint density at radius 1 is 1.07 bits per heavy atom. The summed E-state index contributed by atoms with van der Waals surface area (Å²) < 4.78 is 0. The van der Waals surface area contributed by atoms with E-state index in [1.54, 1.807) is 7.05 Å². The van der Waals surface area contributed by atoms with Crippen LogP contribution in [0.2, 0.25) is 0 Å². The predicted octanol–water partition coefficient (Wildman–Crippen LogP) is 3.94. The Hall–Kier alpha value is -1.74. The van der Waals surface area contributed by atoms with Crippen LogP contribution < -0.4 is 16.0 Å². The summed E-state index contributed by atoms with van der Waals surface area (Å²) in [6.07, 6.45) is 1.86. The Bertz CT molecular complexity index is 755. The molecule has 0 heterocycles. The molecule has 158 valence electrons. The third-order valence-electron chi connectivity index (χ3n) is 4.05. The van der Waals surface area contributed by atoms with Gasteiger partial charge in [-0.25, -0.2) is 0 Å². The number of nitrogens with one attached hydrogen (secondary N) is 3. The molecule has 0 unspecified atom stereocenters. The van der Waals surface area contributed by atoms with Crippen LogP contribution in [0.1, 0.15) is 29.3 Å². The number of hydrogen-bond acceptors (Lipinski definition) is 3. The summed E-state index contributed by atoms with van der Waals surface area (Å²) >= 11 is 1.86. The third-order valence-corrected chi connectivity index (χ3v) is 5.15. The SMILES string of the molecule is CCNC(=NCCCSc1ccccc1)NCCc1cccc(C(=O)NC)c1.I. The molecule has 0 saturated heterocycles. The van der Waals surface area contributed by atoms with Crippen LogP contribution in [-0.4, -0.2) is 44.3 Å². The standard InChI is InChI=1S/C22H30N4OS.HI/c1-3-24-22(25-14-8-16-28-20-11-5-4-6-12-20)26-15-13-18-9-7-10-19(17-18)21(27)23-2;/h4-7,9-12,17H,3,8,13-16H2,1-2H3,(H,23,27)(H2,24,25,26);1H. The van der Waals surface area contributed by atoms with Gasteiger partial charge in [-0.15, -0.1) is 35.7 Å². The molecule has 0 bridgehead atoms. The van der Waals surface area contributed by atoms with Gasteiger partial charge < -0.3 is 16.0 Å². The van der Waals surface area contributed by atoms with E-state index >= 15 is 0 Å². The first kappa shape index (κ1) is 25.3. The summed E-state index contributed by atoms with van der Waals surface area (Å²) in [6, 6.07) is 18.2. The highest BCUT2D eigenvalue weighted by Gasteiger charge is 2.04. The van der Waals surface area contributed by atoms with Gasteiger partial charge in [-0.05, 0) is 55.3 Å². The van der Waals surface area contributed by atoms with Crippen LogP contribution in [0, 0.1) is 0 Å². The number of aliphatic imine (C=N–C) groups is 1. The second-order valence-corrected chi connectivity index (χ2v) is 7.40. The van der Waals surface area contributed by atoms with Crippen molar-refractivity contribution in [3.63, 3.8) is 0 Å². The number of thioether (sulfide) groups is 1. The molecule has 2 aromatic rings. The molecular weight excluding hydrogens is 495 g/mol. The van der Waals surface area contributed by atoms with Gasteiger partial charge in [0.15, 0.2) is 5.96 Å². The number of carbonyl (C=O) groups is 1. The van der Waals surface area contributed by atoms with Crippen molar-refractivity contribution in [1.82, 2.24) is 16.0 Å². The fraction of sp³-hybridized carbons (Fsp3) is 0.364. The zero-order valence-electron chi connectivity index (χ0n) is 17.1. The van der Waals surface area contributed by atoms with Crippen molar-refractivity contribution in [2.45, 2.75) is 24.7 Å². The lowest BCUT2D eigenvalue weighted by atomic mass is 10.1. The highest BCUT2D eigenvalue weighted by Crippen LogP contribution is 2.17. The van der Waals surface area contributed by atoms with Gasteiger partial charge in [-0.1, -0.05) is 30.3 Å². The number of benzene rings is 2. The molecule has 5 nitrogen and oxygen atoms in total. The molecule has 0 saturated carbocycles. The van der Waals surface area contributed by atoms with E-state index in [9.17, 15) is 4.79 Å². The molecule has 0 aromatic heterocycles. The Labute approximate surface area is 195 Å². The minimum absolute atomic E-state index is 0. The summed E-state index contributed by atoms with van der Waals surface area (Å²) in [5.74, 6) is 1.84. The summed E-state index contributed by atoms with van der Waals surface area (Å²) in [7, 11) is 1.65. The fourth-order valence-corrected chi connectivity index (χ4v) is 3.50. The van der Waals surface area contributed by atoms with Crippen molar-refractivity contribution in [3.8, 4) is 0 Å². The van der Waals surface area contributed by atoms with Gasteiger partial charge >= 0.3 is 0 Å². The summed E-state index contributed by atoms with van der Waals surface area (Å²) in [6.45, 7) is 4.45. The van der Waals surface area contributed by atoms with Crippen molar-refractivity contribution >= 4 is 47.6 Å². The molecule has 0 fully saturated rings. The highest BCUT2D eigenvalue weighted by molar-refractivity contribution is 14.0. The maximum absolute atomic E-state index is 11.7. The fourth-order valence-electron chi connectivity index (χ4n) is 2.64. The number of carbonyl (C=O) groups excluding carboxylic acids is 1. The van der Waals surface area contributed by atoms with Gasteiger partial charge in [0.05, 0.1) is 0 Å². The molecule has 0 spiro atoms. The molecule has 3 N–H and O–H groups in total. The van der Waals surface area contributed by atoms with E-state index in [2.05, 4.69) is 52.1 Å². The second kappa shape index (κ2) is 15.1. The van der Waals surface area contributed by atoms with Crippen molar-refractivity contribution < 1.29 is 4.79 Å². The van der Waals surface area contributed by atoms with Crippen LogP contribution in [0.25, 0.3) is 0 Å². The molecule has 2 rings (SSSR count). The Morgan fingerprint density at radius 3 is 2.59 bits per heavy atom. The third kappa shape index (κ3) is 10.0. The first-order chi connectivity index (χ1) is 13.7. The zero-order valence-corrected chi connectivity index (χ0v) is 20.3. The number of rotatable bonds is 10. The van der Waals surface area contributed by atoms with Gasteiger partial charge in [0.25, 0.3) is 5.91 Å². The van der Waals surface area contributed by atoms with E-state index in [4.69, 9.17) is 0 Å². The van der Waals surface area contributed by atoms with E-state index in [-0.39, 0.29) is 29.9 Å². The second-order valence-electron chi connectivity index (χ2n) is 6.23. The lowest BCUT2D eigenvalue weighted by Crippen LogP contribution is -2.38. The largest absolute Gasteiger partial charge is 0.357 e. The van der Waals surface area contributed by atoms with E-state index in [0.29, 0.717) is 5.56 Å². The number of hydrogen-bond donors (Lipinski definition) is 3. The first-order valence-electron chi connectivity index (χ1n) is 9.74. The molecule has 0 radical (unpaired) electrons. The van der Waals surface area contributed by atoms with E-state index < -0.39 is 0 Å². The topological polar surface area (TPSA) is 65.5 Å². The van der Waals surface area contributed by atoms with Crippen LogP contribution in [0.5, 0.6) is 0 Å². The average Bonchev–Trinajstić information content (AvgIpc) is 2.74. The van der Waals surface area contributed by atoms with Crippen LogP contribution in [0.4, 0.5) is 0 Å². The number of amides is 1. The smallest absolute Gasteiger partial charge is 0.251 e. The quantitative estimate of drug-likeness (QED) is 0.144. The zero-order chi connectivity index (χ0) is 20.0. The molecule has 1 amide bonds. The molecule has 2 aromatic carbocycles. The average molecular weight is 526 g/mol. The molecule has 0 aliphatic rings. The monoisotopic (exact) mass is 526 g/mol. The molecule has 7 heteroatoms. The number of halogens is 1. The normalized spacial score (nSPS) is 10.8. The van der Waals surface area contributed by atoms with Crippen LogP contribution in [-0.2, 0) is 6.42 Å². The van der Waals surface area contributed by atoms with E-state index in [0.717, 1.165) is 49.8 Å². The Kier molecular flexibility index (Phi) is 13.2. The maximum atomic E-state index is 11.7. The van der Waals surface area contributed by atoms with Crippen molar-refractivity contribution in [2.75, 3.05) is 32.4 Å². The Morgan fingerprint density at radius 2 is 1.86 bits per heavy atom. The highest BCUT2D eigenvalue weighted by atomic mass is 127. The van der Waals surface area contributed by atoms with Gasteiger partial charge in [0.2, 0.25) is 0 Å². The maximum Gasteiger partial charge on any atom is 0.251 e. The van der Waals surface area contributed by atoms with Gasteiger partial charge in [-0.3, -0.25) is 9.79 Å². The molecule has 0 aliphatic heterocycles. The van der Waals surface area contributed by atoms with Crippen molar-refractivity contribution in [3.05, 3.63) is 65.7 Å². The van der Waals surface area contributed by atoms with Crippen molar-refractivity contribution in [2.24, 2.45) is 4.99 Å². The first-order valence-corrected chi connectivity index (χ1v) is 10.7. The van der Waals surface area contributed by atoms with E-state index in [1.807, 2.05) is 42.1 Å². The lowest BCUT2D eigenvalue weighted by molar-refractivity contribution is 0.0963. The van der Waals surface area contributed by atoms with Gasteiger partial charge in [0, 0.05) is 37.1 Å². The summed E-state index contributed by atoms with van der Waals surface area (Å²) in [4.78, 5) is 17.7. The van der Waals surface area contributed by atoms with Crippen LogP contribution >= 0.6 is 35.7 Å². The molecule has 0 aliphatic carbocycles. The minimum Gasteiger partial charge on any atom is -0.357 e. The lowest BCUT2D eigenvalue weighted by Gasteiger charge is -2.11.